The first kappa shape index (κ1) is 25.1. The normalized spacial score (nSPS) is 12.2. The molecule has 0 fully saturated rings. The van der Waals surface area contributed by atoms with Gasteiger partial charge in [0.2, 0.25) is 15.9 Å². The first-order valence-corrected chi connectivity index (χ1v) is 11.4. The summed E-state index contributed by atoms with van der Waals surface area (Å²) in [4.78, 5) is 25.2. The van der Waals surface area contributed by atoms with Gasteiger partial charge in [0.15, 0.2) is 0 Å². The molecule has 0 spiro atoms. The summed E-state index contributed by atoms with van der Waals surface area (Å²) in [5, 5.41) is 4.95. The van der Waals surface area contributed by atoms with Gasteiger partial charge in [-0.2, -0.15) is 0 Å². The fraction of sp³-hybridized carbons (Fsp3) is 0.333. The Kier molecular flexibility index (Phi) is 8.14. The average Bonchev–Trinajstić information content (AvgIpc) is 2.72. The van der Waals surface area contributed by atoms with E-state index in [2.05, 4.69) is 15.4 Å². The Bertz CT molecular complexity index is 1090. The van der Waals surface area contributed by atoms with Crippen molar-refractivity contribution < 1.29 is 31.5 Å². The van der Waals surface area contributed by atoms with Gasteiger partial charge in [-0.3, -0.25) is 14.3 Å². The van der Waals surface area contributed by atoms with Gasteiger partial charge in [-0.25, -0.2) is 17.2 Å². The Morgan fingerprint density at radius 3 is 2.25 bits per heavy atom. The Balaban J connectivity index is 2.22. The van der Waals surface area contributed by atoms with Crippen LogP contribution >= 0.6 is 0 Å². The van der Waals surface area contributed by atoms with Crippen molar-refractivity contribution in [1.82, 2.24) is 5.32 Å². The van der Waals surface area contributed by atoms with E-state index in [9.17, 15) is 26.8 Å². The van der Waals surface area contributed by atoms with Crippen LogP contribution in [0.4, 0.5) is 20.2 Å². The smallest absolute Gasteiger partial charge is 0.257 e. The van der Waals surface area contributed by atoms with Gasteiger partial charge < -0.3 is 15.4 Å². The van der Waals surface area contributed by atoms with Crippen molar-refractivity contribution in [2.24, 2.45) is 5.92 Å². The molecule has 11 heteroatoms. The van der Waals surface area contributed by atoms with Crippen molar-refractivity contribution in [3.05, 3.63) is 53.6 Å². The van der Waals surface area contributed by atoms with Crippen molar-refractivity contribution in [2.45, 2.75) is 26.8 Å². The summed E-state index contributed by atoms with van der Waals surface area (Å²) in [5.74, 6) is -4.15. The van der Waals surface area contributed by atoms with Crippen molar-refractivity contribution in [3.8, 4) is 5.75 Å². The van der Waals surface area contributed by atoms with E-state index in [-0.39, 0.29) is 22.9 Å². The topological polar surface area (TPSA) is 114 Å². The molecule has 0 saturated carbocycles. The highest BCUT2D eigenvalue weighted by Gasteiger charge is 2.27. The quantitative estimate of drug-likeness (QED) is 0.522. The largest absolute Gasteiger partial charge is 0.494 e. The van der Waals surface area contributed by atoms with Crippen LogP contribution in [-0.4, -0.2) is 39.1 Å². The molecule has 1 atom stereocenters. The SMILES string of the molecule is CCS(=O)(=O)Nc1ccc(NC(=O)[C@@H](NC(=O)c2c(F)cccc2F)C(C)C)cc1OC. The second kappa shape index (κ2) is 10.4. The molecular weight excluding hydrogens is 444 g/mol. The number of benzene rings is 2. The maximum absolute atomic E-state index is 13.9. The van der Waals surface area contributed by atoms with Crippen LogP contribution in [0.5, 0.6) is 5.75 Å². The number of ether oxygens (including phenoxy) is 1. The highest BCUT2D eigenvalue weighted by molar-refractivity contribution is 7.92. The molecule has 0 aromatic heterocycles. The standard InChI is InChI=1S/C21H25F2N3O5S/c1-5-32(29,30)26-16-10-9-13(11-17(16)31-4)24-21(28)19(12(2)3)25-20(27)18-14(22)7-6-8-15(18)23/h6-12,19,26H,5H2,1-4H3,(H,24,28)(H,25,27)/t19-/m0/s1. The maximum Gasteiger partial charge on any atom is 0.257 e. The number of halogens is 2. The number of nitrogens with one attached hydrogen (secondary N) is 3. The van der Waals surface area contributed by atoms with Crippen LogP contribution in [0.15, 0.2) is 36.4 Å². The zero-order chi connectivity index (χ0) is 24.1. The lowest BCUT2D eigenvalue weighted by molar-refractivity contribution is -0.118. The third-order valence-corrected chi connectivity index (χ3v) is 5.83. The Hall–Kier alpha value is -3.21. The molecule has 0 aliphatic rings. The molecule has 0 radical (unpaired) electrons. The van der Waals surface area contributed by atoms with Crippen molar-refractivity contribution >= 4 is 33.2 Å². The highest BCUT2D eigenvalue weighted by Crippen LogP contribution is 2.29. The molecule has 3 N–H and O–H groups in total. The maximum atomic E-state index is 13.9. The molecular formula is C21H25F2N3O5S. The number of carbonyl (C=O) groups excluding carboxylic acids is 2. The van der Waals surface area contributed by atoms with Crippen LogP contribution in [0.3, 0.4) is 0 Å². The molecule has 0 unspecified atom stereocenters. The summed E-state index contributed by atoms with van der Waals surface area (Å²) in [7, 11) is -2.20. The predicted octanol–water partition coefficient (Wildman–Crippen LogP) is 3.13. The Morgan fingerprint density at radius 2 is 1.72 bits per heavy atom. The highest BCUT2D eigenvalue weighted by atomic mass is 32.2. The van der Waals surface area contributed by atoms with Crippen molar-refractivity contribution in [3.63, 3.8) is 0 Å². The number of sulfonamides is 1. The fourth-order valence-electron chi connectivity index (χ4n) is 2.78. The van der Waals surface area contributed by atoms with Crippen LogP contribution < -0.4 is 20.1 Å². The molecule has 32 heavy (non-hydrogen) atoms. The summed E-state index contributed by atoms with van der Waals surface area (Å²) < 4.78 is 59.0. The van der Waals surface area contributed by atoms with E-state index in [0.29, 0.717) is 0 Å². The minimum absolute atomic E-state index is 0.132. The second-order valence-electron chi connectivity index (χ2n) is 7.20. The van der Waals surface area contributed by atoms with Crippen molar-refractivity contribution in [2.75, 3.05) is 22.9 Å². The first-order valence-electron chi connectivity index (χ1n) is 9.73. The lowest BCUT2D eigenvalue weighted by Gasteiger charge is -2.22. The van der Waals surface area contributed by atoms with Gasteiger partial charge >= 0.3 is 0 Å². The van der Waals surface area contributed by atoms with E-state index in [0.717, 1.165) is 18.2 Å². The molecule has 2 aromatic rings. The van der Waals surface area contributed by atoms with E-state index in [1.54, 1.807) is 13.8 Å². The van der Waals surface area contributed by atoms with E-state index in [4.69, 9.17) is 4.74 Å². The predicted molar refractivity (Wildman–Crippen MR) is 117 cm³/mol. The van der Waals surface area contributed by atoms with Gasteiger partial charge in [0, 0.05) is 11.8 Å². The van der Waals surface area contributed by atoms with Crippen LogP contribution in [0.2, 0.25) is 0 Å². The number of hydrogen-bond donors (Lipinski definition) is 3. The third-order valence-electron chi connectivity index (χ3n) is 4.54. The van der Waals surface area contributed by atoms with Gasteiger partial charge in [-0.05, 0) is 37.1 Å². The minimum atomic E-state index is -3.54. The molecule has 0 heterocycles. The fourth-order valence-corrected chi connectivity index (χ4v) is 3.42. The summed E-state index contributed by atoms with van der Waals surface area (Å²) in [6.07, 6.45) is 0. The number of carbonyl (C=O) groups is 2. The summed E-state index contributed by atoms with van der Waals surface area (Å²) >= 11 is 0. The second-order valence-corrected chi connectivity index (χ2v) is 9.21. The number of amides is 2. The molecule has 0 bridgehead atoms. The van der Waals surface area contributed by atoms with Crippen LogP contribution in [0.1, 0.15) is 31.1 Å². The summed E-state index contributed by atoms with van der Waals surface area (Å²) in [6, 6.07) is 6.19. The summed E-state index contributed by atoms with van der Waals surface area (Å²) in [5.41, 5.74) is -0.320. The van der Waals surface area contributed by atoms with E-state index < -0.39 is 51.0 Å². The van der Waals surface area contributed by atoms with Gasteiger partial charge in [0.05, 0.1) is 18.6 Å². The van der Waals surface area contributed by atoms with Crippen LogP contribution in [0, 0.1) is 17.6 Å². The lowest BCUT2D eigenvalue weighted by atomic mass is 10.0. The molecule has 8 nitrogen and oxygen atoms in total. The van der Waals surface area contributed by atoms with Crippen LogP contribution in [0.25, 0.3) is 0 Å². The Labute approximate surface area is 185 Å². The zero-order valence-electron chi connectivity index (χ0n) is 18.0. The monoisotopic (exact) mass is 469 g/mol. The zero-order valence-corrected chi connectivity index (χ0v) is 18.8. The molecule has 2 aromatic carbocycles. The minimum Gasteiger partial charge on any atom is -0.494 e. The van der Waals surface area contributed by atoms with Gasteiger partial charge in [0.25, 0.3) is 5.91 Å². The van der Waals surface area contributed by atoms with Crippen molar-refractivity contribution in [1.29, 1.82) is 0 Å². The molecule has 2 amide bonds. The number of anilines is 2. The Morgan fingerprint density at radius 1 is 1.09 bits per heavy atom. The molecule has 0 saturated heterocycles. The van der Waals surface area contributed by atoms with E-state index in [1.807, 2.05) is 0 Å². The van der Waals surface area contributed by atoms with Gasteiger partial charge in [0.1, 0.15) is 29.0 Å². The third kappa shape index (κ3) is 6.16. The summed E-state index contributed by atoms with van der Waals surface area (Å²) in [6.45, 7) is 4.80. The average molecular weight is 470 g/mol. The first-order chi connectivity index (χ1) is 15.0. The number of methoxy groups -OCH3 is 1. The van der Waals surface area contributed by atoms with E-state index >= 15 is 0 Å². The molecule has 174 valence electrons. The molecule has 0 aliphatic heterocycles. The number of rotatable bonds is 9. The van der Waals surface area contributed by atoms with Gasteiger partial charge in [-0.15, -0.1) is 0 Å². The lowest BCUT2D eigenvalue weighted by Crippen LogP contribution is -2.47. The number of hydrogen-bond acceptors (Lipinski definition) is 5. The van der Waals surface area contributed by atoms with Gasteiger partial charge in [-0.1, -0.05) is 19.9 Å². The molecule has 0 aliphatic carbocycles. The molecule has 2 rings (SSSR count). The van der Waals surface area contributed by atoms with Crippen LogP contribution in [-0.2, 0) is 14.8 Å². The van der Waals surface area contributed by atoms with E-state index in [1.165, 1.54) is 32.2 Å².